The van der Waals surface area contributed by atoms with Crippen LogP contribution in [0.3, 0.4) is 0 Å². The second kappa shape index (κ2) is 2.22. The summed E-state index contributed by atoms with van der Waals surface area (Å²) >= 11 is 0. The highest BCUT2D eigenvalue weighted by Crippen LogP contribution is 2.41. The van der Waals surface area contributed by atoms with Crippen LogP contribution in [0.5, 0.6) is 0 Å². The van der Waals surface area contributed by atoms with Crippen LogP contribution < -0.4 is 0 Å². The van der Waals surface area contributed by atoms with E-state index in [1.165, 1.54) is 19.4 Å². The molecule has 66 valence electrons. The van der Waals surface area contributed by atoms with Gasteiger partial charge in [0.1, 0.15) is 6.10 Å². The van der Waals surface area contributed by atoms with Crippen molar-refractivity contribution in [1.82, 2.24) is 4.90 Å². The molecular formula is C9H14N2O. The molecule has 4 rings (SSSR count). The van der Waals surface area contributed by atoms with Crippen LogP contribution in [0.1, 0.15) is 12.8 Å². The Morgan fingerprint density at radius 3 is 3.25 bits per heavy atom. The second-order valence-electron chi connectivity index (χ2n) is 4.25. The number of nitrogens with zero attached hydrogens (tertiary/aromatic N) is 2. The largest absolute Gasteiger partial charge is 0.392 e. The highest BCUT2D eigenvalue weighted by atomic mass is 16.6. The average Bonchev–Trinajstić information content (AvgIpc) is 2.53. The molecule has 0 aromatic rings. The summed E-state index contributed by atoms with van der Waals surface area (Å²) in [4.78, 5) is 7.85. The molecule has 12 heavy (non-hydrogen) atoms. The summed E-state index contributed by atoms with van der Waals surface area (Å²) < 4.78 is 0. The van der Waals surface area contributed by atoms with Crippen LogP contribution in [0.25, 0.3) is 0 Å². The van der Waals surface area contributed by atoms with Crippen LogP contribution in [-0.4, -0.2) is 36.9 Å². The summed E-state index contributed by atoms with van der Waals surface area (Å²) in [5.41, 5.74) is 0. The maximum atomic E-state index is 5.38. The van der Waals surface area contributed by atoms with Gasteiger partial charge in [-0.3, -0.25) is 0 Å². The lowest BCUT2D eigenvalue weighted by Crippen LogP contribution is -2.57. The van der Waals surface area contributed by atoms with Crippen molar-refractivity contribution in [2.75, 3.05) is 13.6 Å². The van der Waals surface area contributed by atoms with Gasteiger partial charge in [0.2, 0.25) is 0 Å². The number of hydrogen-bond acceptors (Lipinski definition) is 3. The third kappa shape index (κ3) is 0.724. The average molecular weight is 166 g/mol. The van der Waals surface area contributed by atoms with Gasteiger partial charge in [0.15, 0.2) is 0 Å². The standard InChI is InChI=1S/C9H14N2O/c1-11-5-6-2-3-8(11)7-4-10-12-9(6)7/h4,6-9H,2-3,5H2,1H3/t6-,7+,8-,9-/m0/s1. The van der Waals surface area contributed by atoms with Crippen LogP contribution in [-0.2, 0) is 4.84 Å². The Morgan fingerprint density at radius 1 is 1.50 bits per heavy atom. The van der Waals surface area contributed by atoms with Crippen LogP contribution in [0.2, 0.25) is 0 Å². The van der Waals surface area contributed by atoms with Crippen molar-refractivity contribution in [3.05, 3.63) is 0 Å². The molecule has 3 fully saturated rings. The van der Waals surface area contributed by atoms with Gasteiger partial charge in [0, 0.05) is 18.5 Å². The molecule has 3 heteroatoms. The van der Waals surface area contributed by atoms with Gasteiger partial charge in [-0.1, -0.05) is 5.16 Å². The van der Waals surface area contributed by atoms with Crippen molar-refractivity contribution in [3.8, 4) is 0 Å². The zero-order chi connectivity index (χ0) is 8.13. The molecule has 1 aliphatic carbocycles. The molecule has 3 heterocycles. The molecule has 2 saturated heterocycles. The zero-order valence-corrected chi connectivity index (χ0v) is 7.31. The van der Waals surface area contributed by atoms with E-state index in [0.717, 1.165) is 5.92 Å². The third-order valence-electron chi connectivity index (χ3n) is 3.63. The molecular weight excluding hydrogens is 152 g/mol. The molecule has 0 radical (unpaired) electrons. The second-order valence-corrected chi connectivity index (χ2v) is 4.25. The smallest absolute Gasteiger partial charge is 0.140 e. The summed E-state index contributed by atoms with van der Waals surface area (Å²) in [6.07, 6.45) is 5.09. The van der Waals surface area contributed by atoms with Gasteiger partial charge in [0.25, 0.3) is 0 Å². The van der Waals surface area contributed by atoms with E-state index in [-0.39, 0.29) is 0 Å². The summed E-state index contributed by atoms with van der Waals surface area (Å²) in [6.45, 7) is 1.20. The Morgan fingerprint density at radius 2 is 2.42 bits per heavy atom. The number of fused-ring (bicyclic) bond motifs is 2. The van der Waals surface area contributed by atoms with Gasteiger partial charge in [-0.25, -0.2) is 0 Å². The minimum atomic E-state index is 0.417. The van der Waals surface area contributed by atoms with Crippen molar-refractivity contribution in [2.24, 2.45) is 17.0 Å². The molecule has 0 aromatic carbocycles. The molecule has 0 aromatic heterocycles. The first-order chi connectivity index (χ1) is 5.86. The van der Waals surface area contributed by atoms with Crippen molar-refractivity contribution in [2.45, 2.75) is 25.0 Å². The maximum Gasteiger partial charge on any atom is 0.140 e. The van der Waals surface area contributed by atoms with E-state index in [1.807, 2.05) is 6.21 Å². The number of oxime groups is 1. The van der Waals surface area contributed by atoms with E-state index in [9.17, 15) is 0 Å². The monoisotopic (exact) mass is 166 g/mol. The molecule has 0 N–H and O–H groups in total. The van der Waals surface area contributed by atoms with Gasteiger partial charge in [-0.2, -0.15) is 0 Å². The van der Waals surface area contributed by atoms with Gasteiger partial charge < -0.3 is 9.74 Å². The fourth-order valence-electron chi connectivity index (χ4n) is 3.01. The Bertz CT molecular complexity index is 229. The zero-order valence-electron chi connectivity index (χ0n) is 7.31. The lowest BCUT2D eigenvalue weighted by Gasteiger charge is -2.48. The summed E-state index contributed by atoms with van der Waals surface area (Å²) in [7, 11) is 2.22. The lowest BCUT2D eigenvalue weighted by molar-refractivity contribution is -0.0812. The molecule has 0 spiro atoms. The van der Waals surface area contributed by atoms with E-state index in [4.69, 9.17) is 4.84 Å². The highest BCUT2D eigenvalue weighted by Gasteiger charge is 2.49. The Labute approximate surface area is 72.4 Å². The number of rotatable bonds is 0. The first-order valence-corrected chi connectivity index (χ1v) is 4.76. The van der Waals surface area contributed by atoms with Crippen molar-refractivity contribution < 1.29 is 4.84 Å². The normalized spacial score (nSPS) is 50.8. The van der Waals surface area contributed by atoms with Crippen LogP contribution >= 0.6 is 0 Å². The minimum Gasteiger partial charge on any atom is -0.392 e. The number of piperidine rings is 2. The van der Waals surface area contributed by atoms with Gasteiger partial charge in [0.05, 0.1) is 12.1 Å². The Hall–Kier alpha value is -0.570. The predicted molar refractivity (Wildman–Crippen MR) is 46.0 cm³/mol. The van der Waals surface area contributed by atoms with Gasteiger partial charge >= 0.3 is 0 Å². The fraction of sp³-hybridized carbons (Fsp3) is 0.889. The van der Waals surface area contributed by atoms with Crippen molar-refractivity contribution >= 4 is 6.21 Å². The topological polar surface area (TPSA) is 24.8 Å². The first-order valence-electron chi connectivity index (χ1n) is 4.76. The van der Waals surface area contributed by atoms with Gasteiger partial charge in [-0.05, 0) is 19.9 Å². The van der Waals surface area contributed by atoms with E-state index in [2.05, 4.69) is 17.1 Å². The number of hydrogen-bond donors (Lipinski definition) is 0. The van der Waals surface area contributed by atoms with Crippen LogP contribution in [0.4, 0.5) is 0 Å². The fourth-order valence-corrected chi connectivity index (χ4v) is 3.01. The Balaban J connectivity index is 1.93. The molecule has 4 atom stereocenters. The Kier molecular flexibility index (Phi) is 1.28. The maximum absolute atomic E-state index is 5.38. The lowest BCUT2D eigenvalue weighted by atomic mass is 9.71. The van der Waals surface area contributed by atoms with Crippen LogP contribution in [0.15, 0.2) is 5.16 Å². The summed E-state index contributed by atoms with van der Waals surface area (Å²) in [5.74, 6) is 1.31. The van der Waals surface area contributed by atoms with E-state index in [0.29, 0.717) is 18.1 Å². The molecule has 3 nitrogen and oxygen atoms in total. The quantitative estimate of drug-likeness (QED) is 0.529. The van der Waals surface area contributed by atoms with Crippen LogP contribution in [0, 0.1) is 11.8 Å². The summed E-state index contributed by atoms with van der Waals surface area (Å²) in [6, 6.07) is 0.700. The van der Waals surface area contributed by atoms with Crippen molar-refractivity contribution in [1.29, 1.82) is 0 Å². The van der Waals surface area contributed by atoms with E-state index >= 15 is 0 Å². The van der Waals surface area contributed by atoms with E-state index < -0.39 is 0 Å². The molecule has 1 saturated carbocycles. The third-order valence-corrected chi connectivity index (χ3v) is 3.63. The first kappa shape index (κ1) is 6.89. The summed E-state index contributed by atoms with van der Waals surface area (Å²) in [5, 5.41) is 3.95. The predicted octanol–water partition coefficient (Wildman–Crippen LogP) is 0.711. The molecule has 4 aliphatic rings. The SMILES string of the molecule is CN1C[C@@H]2CC[C@H]1[C@H]1C=NO[C@@H]21. The molecule has 3 aliphatic heterocycles. The molecule has 0 unspecified atom stereocenters. The van der Waals surface area contributed by atoms with E-state index in [1.54, 1.807) is 0 Å². The minimum absolute atomic E-state index is 0.417. The molecule has 0 amide bonds. The highest BCUT2D eigenvalue weighted by molar-refractivity contribution is 5.64. The van der Waals surface area contributed by atoms with Crippen molar-refractivity contribution in [3.63, 3.8) is 0 Å². The van der Waals surface area contributed by atoms with Gasteiger partial charge in [-0.15, -0.1) is 0 Å². The molecule has 2 bridgehead atoms.